The number of hydrogen-bond donors (Lipinski definition) is 1. The van der Waals surface area contributed by atoms with Crippen LogP contribution in [0.5, 0.6) is 0 Å². The predicted octanol–water partition coefficient (Wildman–Crippen LogP) is 3.08. The topological polar surface area (TPSA) is 77.1 Å². The first-order valence-electron chi connectivity index (χ1n) is 7.88. The Morgan fingerprint density at radius 2 is 2.08 bits per heavy atom. The summed E-state index contributed by atoms with van der Waals surface area (Å²) >= 11 is 0. The Balaban J connectivity index is 1.74. The summed E-state index contributed by atoms with van der Waals surface area (Å²) < 4.78 is 19.9. The normalized spacial score (nSPS) is 11.0. The summed E-state index contributed by atoms with van der Waals surface area (Å²) in [7, 11) is 0. The highest BCUT2D eigenvalue weighted by Crippen LogP contribution is 2.19. The number of carbonyl (C=O) groups is 1. The molecule has 0 spiro atoms. The number of carbonyl (C=O) groups excluding carboxylic acids is 1. The van der Waals surface area contributed by atoms with Crippen LogP contribution in [-0.2, 0) is 11.3 Å². The number of rotatable bonds is 4. The SMILES string of the molecule is Cc1cc(F)ccc1NC(=O)CCn1cnc2oc(C)c(C)c2c1=O. The average molecular weight is 343 g/mol. The van der Waals surface area contributed by atoms with Gasteiger partial charge in [0.1, 0.15) is 23.3 Å². The first kappa shape index (κ1) is 16.9. The molecule has 2 aromatic heterocycles. The minimum Gasteiger partial charge on any atom is -0.443 e. The molecular formula is C18H18FN3O3. The molecule has 7 heteroatoms. The molecule has 0 saturated carbocycles. The third kappa shape index (κ3) is 3.31. The molecule has 2 heterocycles. The van der Waals surface area contributed by atoms with Gasteiger partial charge in [-0.15, -0.1) is 0 Å². The molecule has 0 unspecified atom stereocenters. The number of hydrogen-bond acceptors (Lipinski definition) is 4. The van der Waals surface area contributed by atoms with Gasteiger partial charge < -0.3 is 9.73 Å². The molecule has 0 saturated heterocycles. The zero-order valence-corrected chi connectivity index (χ0v) is 14.2. The maximum Gasteiger partial charge on any atom is 0.264 e. The summed E-state index contributed by atoms with van der Waals surface area (Å²) in [5.41, 5.74) is 2.02. The fourth-order valence-corrected chi connectivity index (χ4v) is 2.63. The van der Waals surface area contributed by atoms with Crippen LogP contribution >= 0.6 is 0 Å². The van der Waals surface area contributed by atoms with Gasteiger partial charge in [-0.2, -0.15) is 0 Å². The minimum atomic E-state index is -0.354. The number of furan rings is 1. The van der Waals surface area contributed by atoms with Crippen LogP contribution in [0.4, 0.5) is 10.1 Å². The smallest absolute Gasteiger partial charge is 0.264 e. The Labute approximate surface area is 143 Å². The molecule has 6 nitrogen and oxygen atoms in total. The van der Waals surface area contributed by atoms with Crippen molar-refractivity contribution < 1.29 is 13.6 Å². The lowest BCUT2D eigenvalue weighted by atomic mass is 10.2. The van der Waals surface area contributed by atoms with E-state index >= 15 is 0 Å². The van der Waals surface area contributed by atoms with Crippen molar-refractivity contribution in [2.75, 3.05) is 5.32 Å². The molecule has 0 aliphatic heterocycles. The highest BCUT2D eigenvalue weighted by molar-refractivity contribution is 5.91. The van der Waals surface area contributed by atoms with Crippen LogP contribution in [-0.4, -0.2) is 15.5 Å². The van der Waals surface area contributed by atoms with E-state index in [1.807, 2.05) is 0 Å². The van der Waals surface area contributed by atoms with E-state index in [1.54, 1.807) is 20.8 Å². The number of benzene rings is 1. The monoisotopic (exact) mass is 343 g/mol. The average Bonchev–Trinajstić information content (AvgIpc) is 2.85. The zero-order chi connectivity index (χ0) is 18.1. The van der Waals surface area contributed by atoms with E-state index in [0.717, 1.165) is 5.56 Å². The van der Waals surface area contributed by atoms with E-state index in [-0.39, 0.29) is 30.2 Å². The molecule has 0 aliphatic rings. The molecule has 25 heavy (non-hydrogen) atoms. The second-order valence-corrected chi connectivity index (χ2v) is 5.96. The predicted molar refractivity (Wildman–Crippen MR) is 92.1 cm³/mol. The molecule has 0 aliphatic carbocycles. The lowest BCUT2D eigenvalue weighted by molar-refractivity contribution is -0.116. The first-order chi connectivity index (χ1) is 11.9. The van der Waals surface area contributed by atoms with Crippen LogP contribution in [0.2, 0.25) is 0 Å². The van der Waals surface area contributed by atoms with E-state index in [2.05, 4.69) is 10.3 Å². The number of amides is 1. The number of fused-ring (bicyclic) bond motifs is 1. The zero-order valence-electron chi connectivity index (χ0n) is 14.2. The lowest BCUT2D eigenvalue weighted by Gasteiger charge is -2.09. The summed E-state index contributed by atoms with van der Waals surface area (Å²) in [4.78, 5) is 28.8. The third-order valence-corrected chi connectivity index (χ3v) is 4.20. The summed E-state index contributed by atoms with van der Waals surface area (Å²) in [6.07, 6.45) is 1.48. The van der Waals surface area contributed by atoms with Crippen molar-refractivity contribution in [2.24, 2.45) is 0 Å². The second kappa shape index (κ2) is 6.51. The van der Waals surface area contributed by atoms with Gasteiger partial charge in [0, 0.05) is 24.2 Å². The lowest BCUT2D eigenvalue weighted by Crippen LogP contribution is -2.23. The summed E-state index contributed by atoms with van der Waals surface area (Å²) in [5, 5.41) is 3.16. The number of aryl methyl sites for hydroxylation is 4. The van der Waals surface area contributed by atoms with Crippen LogP contribution < -0.4 is 10.9 Å². The third-order valence-electron chi connectivity index (χ3n) is 4.20. The van der Waals surface area contributed by atoms with Crippen LogP contribution in [0.1, 0.15) is 23.3 Å². The van der Waals surface area contributed by atoms with Crippen molar-refractivity contribution in [3.8, 4) is 0 Å². The van der Waals surface area contributed by atoms with Crippen molar-refractivity contribution in [2.45, 2.75) is 33.7 Å². The van der Waals surface area contributed by atoms with E-state index < -0.39 is 0 Å². The van der Waals surface area contributed by atoms with Gasteiger partial charge in [-0.25, -0.2) is 9.37 Å². The molecule has 1 N–H and O–H groups in total. The van der Waals surface area contributed by atoms with Crippen molar-refractivity contribution in [1.82, 2.24) is 9.55 Å². The Morgan fingerprint density at radius 1 is 1.32 bits per heavy atom. The molecule has 1 aromatic carbocycles. The van der Waals surface area contributed by atoms with Crippen LogP contribution in [0.15, 0.2) is 33.7 Å². The fourth-order valence-electron chi connectivity index (χ4n) is 2.63. The van der Waals surface area contributed by atoms with Gasteiger partial charge in [0.15, 0.2) is 0 Å². The largest absolute Gasteiger partial charge is 0.443 e. The molecule has 3 rings (SSSR count). The van der Waals surface area contributed by atoms with Crippen molar-refractivity contribution in [3.05, 3.63) is 57.6 Å². The maximum atomic E-state index is 13.1. The number of aromatic nitrogens is 2. The van der Waals surface area contributed by atoms with E-state index in [9.17, 15) is 14.0 Å². The summed E-state index contributed by atoms with van der Waals surface area (Å²) in [6, 6.07) is 4.15. The van der Waals surface area contributed by atoms with Gasteiger partial charge in [-0.05, 0) is 44.5 Å². The van der Waals surface area contributed by atoms with Crippen molar-refractivity contribution >= 4 is 22.7 Å². The summed E-state index contributed by atoms with van der Waals surface area (Å²) in [5.74, 6) is 0.0379. The van der Waals surface area contributed by atoms with Gasteiger partial charge in [0.05, 0.1) is 0 Å². The molecule has 0 fully saturated rings. The van der Waals surface area contributed by atoms with Crippen molar-refractivity contribution in [3.63, 3.8) is 0 Å². The molecule has 3 aromatic rings. The molecule has 130 valence electrons. The molecule has 0 radical (unpaired) electrons. The highest BCUT2D eigenvalue weighted by Gasteiger charge is 2.14. The Morgan fingerprint density at radius 3 is 2.80 bits per heavy atom. The number of halogens is 1. The van der Waals surface area contributed by atoms with Gasteiger partial charge >= 0.3 is 0 Å². The minimum absolute atomic E-state index is 0.0970. The molecule has 0 bridgehead atoms. The van der Waals surface area contributed by atoms with E-state index in [1.165, 1.54) is 29.1 Å². The van der Waals surface area contributed by atoms with Gasteiger partial charge in [0.2, 0.25) is 11.6 Å². The Hall–Kier alpha value is -2.96. The van der Waals surface area contributed by atoms with Crippen molar-refractivity contribution in [1.29, 1.82) is 0 Å². The second-order valence-electron chi connectivity index (χ2n) is 5.96. The molecule has 0 atom stereocenters. The van der Waals surface area contributed by atoms with Gasteiger partial charge in [-0.1, -0.05) is 0 Å². The van der Waals surface area contributed by atoms with Crippen LogP contribution in [0, 0.1) is 26.6 Å². The number of nitrogens with zero attached hydrogens (tertiary/aromatic N) is 2. The Kier molecular flexibility index (Phi) is 4.39. The van der Waals surface area contributed by atoms with E-state index in [4.69, 9.17) is 4.42 Å². The van der Waals surface area contributed by atoms with Crippen LogP contribution in [0.25, 0.3) is 11.1 Å². The quantitative estimate of drug-likeness (QED) is 0.790. The van der Waals surface area contributed by atoms with E-state index in [0.29, 0.717) is 28.1 Å². The summed E-state index contributed by atoms with van der Waals surface area (Å²) in [6.45, 7) is 5.49. The highest BCUT2D eigenvalue weighted by atomic mass is 19.1. The number of nitrogens with one attached hydrogen (secondary N) is 1. The maximum absolute atomic E-state index is 13.1. The number of anilines is 1. The van der Waals surface area contributed by atoms with Gasteiger partial charge in [-0.3, -0.25) is 14.2 Å². The standard InChI is InChI=1S/C18H18FN3O3/c1-10-8-13(19)4-5-14(10)21-15(23)6-7-22-9-20-17-16(18(22)24)11(2)12(3)25-17/h4-5,8-9H,6-7H2,1-3H3,(H,21,23). The molecular weight excluding hydrogens is 325 g/mol. The van der Waals surface area contributed by atoms with Gasteiger partial charge in [0.25, 0.3) is 5.56 Å². The Bertz CT molecular complexity index is 1020. The van der Waals surface area contributed by atoms with Crippen LogP contribution in [0.3, 0.4) is 0 Å². The molecule has 1 amide bonds. The fraction of sp³-hybridized carbons (Fsp3) is 0.278. The first-order valence-corrected chi connectivity index (χ1v) is 7.88.